The number of nitrogens with one attached hydrogen (secondary N) is 1. The zero-order chi connectivity index (χ0) is 14.5. The first kappa shape index (κ1) is 14.0. The van der Waals surface area contributed by atoms with Gasteiger partial charge in [0, 0.05) is 11.0 Å². The van der Waals surface area contributed by atoms with E-state index < -0.39 is 5.97 Å². The van der Waals surface area contributed by atoms with Gasteiger partial charge in [-0.05, 0) is 36.6 Å². The number of thiophene rings is 1. The number of hydrogen-bond acceptors (Lipinski definition) is 3. The number of carboxylic acid groups (broad SMARTS) is 1. The Bertz CT molecular complexity index is 660. The molecule has 0 radical (unpaired) electrons. The third-order valence-corrected chi connectivity index (χ3v) is 3.44. The highest BCUT2D eigenvalue weighted by Gasteiger charge is 2.11. The first-order valence-electron chi connectivity index (χ1n) is 5.93. The van der Waals surface area contributed by atoms with Crippen LogP contribution in [0.5, 0.6) is 0 Å². The smallest absolute Gasteiger partial charge is 0.337 e. The summed E-state index contributed by atoms with van der Waals surface area (Å²) in [6.07, 6.45) is 3.08. The van der Waals surface area contributed by atoms with Crippen molar-refractivity contribution in [3.05, 3.63) is 57.8 Å². The second-order valence-electron chi connectivity index (χ2n) is 4.19. The number of benzene rings is 1. The number of hydrogen-bond donors (Lipinski definition) is 2. The zero-order valence-electron chi connectivity index (χ0n) is 10.8. The van der Waals surface area contributed by atoms with Crippen LogP contribution in [0.15, 0.2) is 41.8 Å². The molecule has 0 atom stereocenters. The molecule has 0 unspecified atom stereocenters. The highest BCUT2D eigenvalue weighted by atomic mass is 32.1. The van der Waals surface area contributed by atoms with Gasteiger partial charge >= 0.3 is 5.97 Å². The number of carboxylic acids is 1. The van der Waals surface area contributed by atoms with E-state index in [9.17, 15) is 9.59 Å². The lowest BCUT2D eigenvalue weighted by atomic mass is 10.1. The third kappa shape index (κ3) is 3.55. The van der Waals surface area contributed by atoms with Crippen LogP contribution >= 0.6 is 11.3 Å². The summed E-state index contributed by atoms with van der Waals surface area (Å²) in [6.45, 7) is 1.80. The van der Waals surface area contributed by atoms with Gasteiger partial charge in [0.2, 0.25) is 5.91 Å². The Morgan fingerprint density at radius 2 is 2.10 bits per heavy atom. The van der Waals surface area contributed by atoms with Gasteiger partial charge in [-0.15, -0.1) is 11.3 Å². The van der Waals surface area contributed by atoms with Crippen LogP contribution < -0.4 is 5.32 Å². The van der Waals surface area contributed by atoms with Crippen molar-refractivity contribution in [3.8, 4) is 0 Å². The molecule has 0 bridgehead atoms. The molecule has 2 aromatic rings. The Hall–Kier alpha value is -2.40. The van der Waals surface area contributed by atoms with Crippen LogP contribution in [-0.2, 0) is 4.79 Å². The van der Waals surface area contributed by atoms with E-state index in [-0.39, 0.29) is 11.5 Å². The number of amides is 1. The van der Waals surface area contributed by atoms with Gasteiger partial charge in [0.05, 0.1) is 11.3 Å². The van der Waals surface area contributed by atoms with Crippen molar-refractivity contribution >= 4 is 35.0 Å². The van der Waals surface area contributed by atoms with Crippen molar-refractivity contribution in [2.45, 2.75) is 6.92 Å². The molecule has 0 aliphatic heterocycles. The summed E-state index contributed by atoms with van der Waals surface area (Å²) >= 11 is 1.52. The van der Waals surface area contributed by atoms with E-state index in [0.29, 0.717) is 5.69 Å². The minimum Gasteiger partial charge on any atom is -0.478 e. The van der Waals surface area contributed by atoms with E-state index in [0.717, 1.165) is 10.4 Å². The fraction of sp³-hybridized carbons (Fsp3) is 0.0667. The molecule has 102 valence electrons. The van der Waals surface area contributed by atoms with Crippen LogP contribution in [0.25, 0.3) is 6.08 Å². The maximum atomic E-state index is 11.8. The molecule has 2 N–H and O–H groups in total. The number of carbonyl (C=O) groups excluding carboxylic acids is 1. The molecule has 0 saturated carbocycles. The number of aromatic carboxylic acids is 1. The van der Waals surface area contributed by atoms with E-state index in [4.69, 9.17) is 5.11 Å². The number of anilines is 1. The Morgan fingerprint density at radius 3 is 2.75 bits per heavy atom. The average molecular weight is 287 g/mol. The average Bonchev–Trinajstić information content (AvgIpc) is 2.91. The van der Waals surface area contributed by atoms with Gasteiger partial charge in [0.1, 0.15) is 0 Å². The molecule has 0 aliphatic carbocycles. The normalized spacial score (nSPS) is 10.7. The van der Waals surface area contributed by atoms with Crippen molar-refractivity contribution in [3.63, 3.8) is 0 Å². The van der Waals surface area contributed by atoms with Crippen LogP contribution in [0.1, 0.15) is 20.8 Å². The lowest BCUT2D eigenvalue weighted by Crippen LogP contribution is -2.12. The standard InChI is InChI=1S/C15H13NO3S/c1-10-4-6-13(12(9-10)15(18)19)16-14(17)7-5-11-3-2-8-20-11/h2-9H,1H3,(H,16,17)(H,18,19)/b7-5+. The van der Waals surface area contributed by atoms with E-state index in [1.165, 1.54) is 23.5 Å². The molecule has 1 aromatic heterocycles. The highest BCUT2D eigenvalue weighted by Crippen LogP contribution is 2.18. The van der Waals surface area contributed by atoms with Crippen LogP contribution in [0.3, 0.4) is 0 Å². The molecular weight excluding hydrogens is 274 g/mol. The minimum atomic E-state index is -1.06. The van der Waals surface area contributed by atoms with Gasteiger partial charge in [-0.1, -0.05) is 17.7 Å². The van der Waals surface area contributed by atoms with E-state index in [1.807, 2.05) is 17.5 Å². The van der Waals surface area contributed by atoms with Crippen LogP contribution in [0.2, 0.25) is 0 Å². The summed E-state index contributed by atoms with van der Waals surface area (Å²) in [5.41, 5.74) is 1.21. The van der Waals surface area contributed by atoms with E-state index >= 15 is 0 Å². The van der Waals surface area contributed by atoms with Gasteiger partial charge < -0.3 is 10.4 Å². The fourth-order valence-electron chi connectivity index (χ4n) is 1.66. The molecule has 0 saturated heterocycles. The Balaban J connectivity index is 2.13. The maximum Gasteiger partial charge on any atom is 0.337 e. The largest absolute Gasteiger partial charge is 0.478 e. The monoisotopic (exact) mass is 287 g/mol. The number of aryl methyl sites for hydroxylation is 1. The van der Waals surface area contributed by atoms with Crippen LogP contribution in [-0.4, -0.2) is 17.0 Å². The molecule has 0 fully saturated rings. The lowest BCUT2D eigenvalue weighted by Gasteiger charge is -2.07. The summed E-state index contributed by atoms with van der Waals surface area (Å²) in [5.74, 6) is -1.42. The van der Waals surface area contributed by atoms with Crippen molar-refractivity contribution < 1.29 is 14.7 Å². The molecule has 5 heteroatoms. The highest BCUT2D eigenvalue weighted by molar-refractivity contribution is 7.10. The first-order valence-corrected chi connectivity index (χ1v) is 6.81. The Labute approximate surface area is 120 Å². The SMILES string of the molecule is Cc1ccc(NC(=O)/C=C/c2cccs2)c(C(=O)O)c1. The van der Waals surface area contributed by atoms with Crippen molar-refractivity contribution in [1.29, 1.82) is 0 Å². The summed E-state index contributed by atoms with van der Waals surface area (Å²) in [4.78, 5) is 23.9. The molecule has 2 rings (SSSR count). The van der Waals surface area contributed by atoms with E-state index in [1.54, 1.807) is 25.1 Å². The number of carbonyl (C=O) groups is 2. The van der Waals surface area contributed by atoms with Gasteiger partial charge in [-0.2, -0.15) is 0 Å². The molecule has 1 aromatic carbocycles. The fourth-order valence-corrected chi connectivity index (χ4v) is 2.28. The third-order valence-electron chi connectivity index (χ3n) is 2.61. The van der Waals surface area contributed by atoms with Crippen LogP contribution in [0, 0.1) is 6.92 Å². The number of rotatable bonds is 4. The van der Waals surface area contributed by atoms with Gasteiger partial charge in [0.25, 0.3) is 0 Å². The lowest BCUT2D eigenvalue weighted by molar-refractivity contribution is -0.111. The second-order valence-corrected chi connectivity index (χ2v) is 5.17. The van der Waals surface area contributed by atoms with Crippen molar-refractivity contribution in [1.82, 2.24) is 0 Å². The predicted molar refractivity (Wildman–Crippen MR) is 80.1 cm³/mol. The van der Waals surface area contributed by atoms with Crippen LogP contribution in [0.4, 0.5) is 5.69 Å². The van der Waals surface area contributed by atoms with Crippen molar-refractivity contribution in [2.75, 3.05) is 5.32 Å². The Morgan fingerprint density at radius 1 is 1.30 bits per heavy atom. The topological polar surface area (TPSA) is 66.4 Å². The quantitative estimate of drug-likeness (QED) is 0.847. The molecule has 1 heterocycles. The zero-order valence-corrected chi connectivity index (χ0v) is 11.6. The summed E-state index contributed by atoms with van der Waals surface area (Å²) < 4.78 is 0. The molecule has 0 spiro atoms. The molecule has 1 amide bonds. The van der Waals surface area contributed by atoms with Gasteiger partial charge in [-0.3, -0.25) is 4.79 Å². The summed E-state index contributed by atoms with van der Waals surface area (Å²) in [5, 5.41) is 13.6. The summed E-state index contributed by atoms with van der Waals surface area (Å²) in [6, 6.07) is 8.66. The van der Waals surface area contributed by atoms with E-state index in [2.05, 4.69) is 5.32 Å². The molecule has 4 nitrogen and oxygen atoms in total. The summed E-state index contributed by atoms with van der Waals surface area (Å²) in [7, 11) is 0. The minimum absolute atomic E-state index is 0.0860. The molecular formula is C15H13NO3S. The predicted octanol–water partition coefficient (Wildman–Crippen LogP) is 3.41. The molecule has 0 aliphatic rings. The maximum absolute atomic E-state index is 11.8. The first-order chi connectivity index (χ1) is 9.56. The van der Waals surface area contributed by atoms with Gasteiger partial charge in [-0.25, -0.2) is 4.79 Å². The molecule has 20 heavy (non-hydrogen) atoms. The Kier molecular flexibility index (Phi) is 4.32. The second kappa shape index (κ2) is 6.16. The van der Waals surface area contributed by atoms with Gasteiger partial charge in [0.15, 0.2) is 0 Å². The van der Waals surface area contributed by atoms with Crippen molar-refractivity contribution in [2.24, 2.45) is 0 Å².